The van der Waals surface area contributed by atoms with Crippen LogP contribution in [0.25, 0.3) is 0 Å². The summed E-state index contributed by atoms with van der Waals surface area (Å²) < 4.78 is 5.45. The van der Waals surface area contributed by atoms with Gasteiger partial charge in [-0.15, -0.1) is 18.2 Å². The highest BCUT2D eigenvalue weighted by molar-refractivity contribution is 7.98. The third-order valence-corrected chi connectivity index (χ3v) is 5.72. The van der Waals surface area contributed by atoms with Crippen molar-refractivity contribution in [2.24, 2.45) is 11.8 Å². The van der Waals surface area contributed by atoms with Crippen LogP contribution in [0.5, 0.6) is 0 Å². The van der Waals surface area contributed by atoms with Crippen LogP contribution in [-0.4, -0.2) is 38.1 Å². The SMILES string of the molecule is C#C[C@H]1C[NH+]2CC[C@H]1C[C@@H]2COC(=O)Nc1cccc(SC)c1. The average Bonchev–Trinajstić information content (AvgIpc) is 2.60. The summed E-state index contributed by atoms with van der Waals surface area (Å²) in [7, 11) is 0. The Morgan fingerprint density at radius 2 is 2.43 bits per heavy atom. The van der Waals surface area contributed by atoms with Crippen molar-refractivity contribution in [3.8, 4) is 12.3 Å². The fraction of sp³-hybridized carbons (Fsp3) is 0.500. The van der Waals surface area contributed by atoms with E-state index in [0.29, 0.717) is 24.5 Å². The Morgan fingerprint density at radius 3 is 3.13 bits per heavy atom. The smallest absolute Gasteiger partial charge is 0.411 e. The molecule has 4 nitrogen and oxygen atoms in total. The maximum atomic E-state index is 12.0. The number of nitrogens with one attached hydrogen (secondary N) is 2. The van der Waals surface area contributed by atoms with Gasteiger partial charge in [-0.3, -0.25) is 5.32 Å². The second-order valence-electron chi connectivity index (χ2n) is 6.32. The monoisotopic (exact) mass is 331 g/mol. The first-order chi connectivity index (χ1) is 11.2. The lowest BCUT2D eigenvalue weighted by Gasteiger charge is -2.44. The van der Waals surface area contributed by atoms with Gasteiger partial charge in [0.2, 0.25) is 0 Å². The number of hydrogen-bond donors (Lipinski definition) is 2. The molecule has 3 fully saturated rings. The lowest BCUT2D eigenvalue weighted by molar-refractivity contribution is -0.945. The minimum Gasteiger partial charge on any atom is -0.443 e. The molecule has 1 aromatic rings. The van der Waals surface area contributed by atoms with E-state index in [0.717, 1.165) is 30.1 Å². The molecule has 2 bridgehead atoms. The van der Waals surface area contributed by atoms with Gasteiger partial charge in [0.1, 0.15) is 12.6 Å². The summed E-state index contributed by atoms with van der Waals surface area (Å²) in [5.74, 6) is 3.93. The third kappa shape index (κ3) is 3.82. The third-order valence-electron chi connectivity index (χ3n) is 5.00. The summed E-state index contributed by atoms with van der Waals surface area (Å²) in [6.07, 6.45) is 9.51. The van der Waals surface area contributed by atoms with Crippen LogP contribution in [0.3, 0.4) is 0 Å². The van der Waals surface area contributed by atoms with Crippen LogP contribution in [0.2, 0.25) is 0 Å². The van der Waals surface area contributed by atoms with Crippen molar-refractivity contribution < 1.29 is 14.4 Å². The molecule has 4 atom stereocenters. The molecule has 0 saturated carbocycles. The van der Waals surface area contributed by atoms with E-state index in [1.807, 2.05) is 30.5 Å². The molecule has 23 heavy (non-hydrogen) atoms. The Morgan fingerprint density at radius 1 is 1.57 bits per heavy atom. The first-order valence-corrected chi connectivity index (χ1v) is 9.30. The van der Waals surface area contributed by atoms with Crippen LogP contribution in [0.4, 0.5) is 10.5 Å². The molecule has 3 aliphatic rings. The molecule has 5 heteroatoms. The number of anilines is 1. The molecule has 1 unspecified atom stereocenters. The summed E-state index contributed by atoms with van der Waals surface area (Å²) in [5, 5.41) is 2.80. The predicted molar refractivity (Wildman–Crippen MR) is 92.7 cm³/mol. The maximum absolute atomic E-state index is 12.0. The molecule has 3 saturated heterocycles. The Balaban J connectivity index is 1.49. The number of benzene rings is 1. The quantitative estimate of drug-likeness (QED) is 0.654. The number of carbonyl (C=O) groups is 1. The highest BCUT2D eigenvalue weighted by Gasteiger charge is 2.43. The van der Waals surface area contributed by atoms with E-state index in [2.05, 4.69) is 11.2 Å². The predicted octanol–water partition coefficient (Wildman–Crippen LogP) is 1.88. The van der Waals surface area contributed by atoms with Crippen LogP contribution >= 0.6 is 11.8 Å². The number of terminal acetylenes is 1. The Hall–Kier alpha value is -1.64. The average molecular weight is 331 g/mol. The van der Waals surface area contributed by atoms with E-state index in [4.69, 9.17) is 11.2 Å². The van der Waals surface area contributed by atoms with Crippen molar-refractivity contribution in [3.63, 3.8) is 0 Å². The molecular weight excluding hydrogens is 308 g/mol. The van der Waals surface area contributed by atoms with E-state index >= 15 is 0 Å². The van der Waals surface area contributed by atoms with Gasteiger partial charge in [-0.25, -0.2) is 4.79 Å². The first-order valence-electron chi connectivity index (χ1n) is 8.08. The Bertz CT molecular complexity index is 613. The van der Waals surface area contributed by atoms with Crippen molar-refractivity contribution >= 4 is 23.5 Å². The van der Waals surface area contributed by atoms with Crippen molar-refractivity contribution in [2.75, 3.05) is 31.3 Å². The van der Waals surface area contributed by atoms with Crippen LogP contribution in [-0.2, 0) is 4.74 Å². The zero-order valence-corrected chi connectivity index (χ0v) is 14.2. The summed E-state index contributed by atoms with van der Waals surface area (Å²) in [5.41, 5.74) is 0.770. The molecule has 2 N–H and O–H groups in total. The number of rotatable bonds is 4. The van der Waals surface area contributed by atoms with E-state index in [1.165, 1.54) is 11.3 Å². The fourth-order valence-electron chi connectivity index (χ4n) is 3.72. The summed E-state index contributed by atoms with van der Waals surface area (Å²) in [6.45, 7) is 2.64. The molecule has 0 spiro atoms. The molecule has 1 amide bonds. The number of hydrogen-bond acceptors (Lipinski definition) is 3. The van der Waals surface area contributed by atoms with Gasteiger partial charge < -0.3 is 9.64 Å². The molecule has 0 aromatic heterocycles. The molecule has 4 rings (SSSR count). The standard InChI is InChI=1S/C18H22N2O2S/c1-3-13-11-20-8-7-14(13)9-16(20)12-22-18(21)19-15-5-4-6-17(10-15)23-2/h1,4-6,10,13-14,16H,7-9,11-12H2,2H3,(H,19,21)/p+1/t13-,14-,16+/m0/s1. The summed E-state index contributed by atoms with van der Waals surface area (Å²) in [6, 6.07) is 8.15. The van der Waals surface area contributed by atoms with E-state index in [1.54, 1.807) is 11.8 Å². The van der Waals surface area contributed by atoms with Gasteiger partial charge in [-0.1, -0.05) is 12.0 Å². The minimum absolute atomic E-state index is 0.376. The Labute approximate surface area is 142 Å². The summed E-state index contributed by atoms with van der Waals surface area (Å²) in [4.78, 5) is 14.6. The van der Waals surface area contributed by atoms with Gasteiger partial charge in [0.25, 0.3) is 0 Å². The topological polar surface area (TPSA) is 42.8 Å². The molecule has 1 aromatic carbocycles. The van der Waals surface area contributed by atoms with E-state index in [-0.39, 0.29) is 6.09 Å². The zero-order chi connectivity index (χ0) is 16.2. The van der Waals surface area contributed by atoms with Crippen LogP contribution in [0.15, 0.2) is 29.2 Å². The number of piperidine rings is 3. The van der Waals surface area contributed by atoms with Gasteiger partial charge in [0.05, 0.1) is 19.0 Å². The maximum Gasteiger partial charge on any atom is 0.411 e. The molecule has 3 heterocycles. The van der Waals surface area contributed by atoms with Crippen LogP contribution in [0, 0.1) is 24.2 Å². The largest absolute Gasteiger partial charge is 0.443 e. The van der Waals surface area contributed by atoms with Crippen molar-refractivity contribution in [1.29, 1.82) is 0 Å². The number of thioether (sulfide) groups is 1. The highest BCUT2D eigenvalue weighted by atomic mass is 32.2. The lowest BCUT2D eigenvalue weighted by atomic mass is 9.76. The van der Waals surface area contributed by atoms with Gasteiger partial charge in [-0.05, 0) is 30.4 Å². The van der Waals surface area contributed by atoms with Crippen molar-refractivity contribution in [3.05, 3.63) is 24.3 Å². The number of ether oxygens (including phenoxy) is 1. The second-order valence-corrected chi connectivity index (χ2v) is 7.20. The van der Waals surface area contributed by atoms with E-state index in [9.17, 15) is 4.79 Å². The number of amides is 1. The number of carbonyl (C=O) groups excluding carboxylic acids is 1. The lowest BCUT2D eigenvalue weighted by Crippen LogP contribution is -3.20. The normalized spacial score (nSPS) is 28.9. The second kappa shape index (κ2) is 7.29. The van der Waals surface area contributed by atoms with E-state index < -0.39 is 0 Å². The van der Waals surface area contributed by atoms with Crippen LogP contribution < -0.4 is 10.2 Å². The molecular formula is C18H23N2O2S+. The van der Waals surface area contributed by atoms with Gasteiger partial charge in [0, 0.05) is 23.4 Å². The number of quaternary nitrogens is 1. The first kappa shape index (κ1) is 16.2. The fourth-order valence-corrected chi connectivity index (χ4v) is 4.18. The van der Waals surface area contributed by atoms with Gasteiger partial charge in [-0.2, -0.15) is 0 Å². The number of fused-ring (bicyclic) bond motifs is 3. The highest BCUT2D eigenvalue weighted by Crippen LogP contribution is 2.26. The van der Waals surface area contributed by atoms with Crippen molar-refractivity contribution in [2.45, 2.75) is 23.8 Å². The molecule has 0 radical (unpaired) electrons. The molecule has 122 valence electrons. The minimum atomic E-state index is -0.376. The molecule has 3 aliphatic heterocycles. The molecule has 0 aliphatic carbocycles. The van der Waals surface area contributed by atoms with Gasteiger partial charge in [0.15, 0.2) is 0 Å². The van der Waals surface area contributed by atoms with Gasteiger partial charge >= 0.3 is 6.09 Å². The van der Waals surface area contributed by atoms with Crippen LogP contribution in [0.1, 0.15) is 12.8 Å². The zero-order valence-electron chi connectivity index (χ0n) is 13.4. The van der Waals surface area contributed by atoms with Crippen molar-refractivity contribution in [1.82, 2.24) is 0 Å². The Kier molecular flexibility index (Phi) is 5.14. The summed E-state index contributed by atoms with van der Waals surface area (Å²) >= 11 is 1.64.